The molecule has 1 saturated carbocycles. The highest BCUT2D eigenvalue weighted by molar-refractivity contribution is 5.14. The number of aliphatic hydroxyl groups is 1. The maximum absolute atomic E-state index is 9.80. The molecular formula is C14H22O. The van der Waals surface area contributed by atoms with Crippen LogP contribution in [0.25, 0.3) is 0 Å². The van der Waals surface area contributed by atoms with Gasteiger partial charge >= 0.3 is 0 Å². The second kappa shape index (κ2) is 3.79. The largest absolute Gasteiger partial charge is 0.389 e. The molecule has 0 heterocycles. The number of hydrogen-bond acceptors (Lipinski definition) is 1. The zero-order valence-corrected chi connectivity index (χ0v) is 10.0. The molecule has 2 bridgehead atoms. The van der Waals surface area contributed by atoms with Gasteiger partial charge in [-0.15, -0.1) is 0 Å². The van der Waals surface area contributed by atoms with Gasteiger partial charge in [0.1, 0.15) is 0 Å². The Kier molecular flexibility index (Phi) is 2.76. The fraction of sp³-hybridized carbons (Fsp3) is 0.714. The van der Waals surface area contributed by atoms with E-state index in [1.165, 1.54) is 18.4 Å². The quantitative estimate of drug-likeness (QED) is 0.687. The molecule has 2 aliphatic rings. The lowest BCUT2D eigenvalue weighted by Gasteiger charge is -2.28. The molecule has 1 nitrogen and oxygen atoms in total. The monoisotopic (exact) mass is 206 g/mol. The first-order chi connectivity index (χ1) is 7.01. The highest BCUT2D eigenvalue weighted by Gasteiger charge is 2.45. The van der Waals surface area contributed by atoms with Crippen LogP contribution in [0.5, 0.6) is 0 Å². The van der Waals surface area contributed by atoms with Crippen LogP contribution in [0, 0.1) is 17.3 Å². The molecule has 0 aromatic carbocycles. The molecule has 2 rings (SSSR count). The summed E-state index contributed by atoms with van der Waals surface area (Å²) in [5.41, 5.74) is 1.79. The first-order valence-electron chi connectivity index (χ1n) is 6.01. The zero-order chi connectivity index (χ0) is 11.1. The first kappa shape index (κ1) is 10.9. The van der Waals surface area contributed by atoms with Gasteiger partial charge in [-0.2, -0.15) is 0 Å². The van der Waals surface area contributed by atoms with E-state index in [1.54, 1.807) is 0 Å². The molecule has 0 aliphatic heterocycles. The molecule has 0 saturated heterocycles. The topological polar surface area (TPSA) is 20.2 Å². The number of allylic oxidation sites excluding steroid dienone is 3. The van der Waals surface area contributed by atoms with Crippen LogP contribution < -0.4 is 0 Å². The van der Waals surface area contributed by atoms with Gasteiger partial charge in [-0.05, 0) is 50.4 Å². The third kappa shape index (κ3) is 2.03. The van der Waals surface area contributed by atoms with Crippen LogP contribution in [0.1, 0.15) is 40.0 Å². The van der Waals surface area contributed by atoms with Crippen molar-refractivity contribution in [1.82, 2.24) is 0 Å². The number of fused-ring (bicyclic) bond motifs is 2. The fourth-order valence-electron chi connectivity index (χ4n) is 3.09. The minimum atomic E-state index is -0.185. The highest BCUT2D eigenvalue weighted by Crippen LogP contribution is 2.53. The van der Waals surface area contributed by atoms with Crippen LogP contribution in [0.3, 0.4) is 0 Å². The lowest BCUT2D eigenvalue weighted by atomic mass is 9.76. The van der Waals surface area contributed by atoms with E-state index in [9.17, 15) is 5.11 Å². The van der Waals surface area contributed by atoms with Crippen molar-refractivity contribution >= 4 is 0 Å². The third-order valence-corrected chi connectivity index (χ3v) is 4.18. The second-order valence-corrected chi connectivity index (χ2v) is 5.82. The molecule has 2 aliphatic carbocycles. The summed E-state index contributed by atoms with van der Waals surface area (Å²) < 4.78 is 0. The molecule has 4 unspecified atom stereocenters. The Hall–Kier alpha value is -0.560. The van der Waals surface area contributed by atoms with Gasteiger partial charge in [0.05, 0.1) is 6.10 Å². The minimum Gasteiger partial charge on any atom is -0.389 e. The number of rotatable bonds is 2. The Labute approximate surface area is 92.9 Å². The molecule has 0 aromatic heterocycles. The zero-order valence-electron chi connectivity index (χ0n) is 10.0. The van der Waals surface area contributed by atoms with Gasteiger partial charge in [0.25, 0.3) is 0 Å². The summed E-state index contributed by atoms with van der Waals surface area (Å²) in [5, 5.41) is 9.80. The van der Waals surface area contributed by atoms with Crippen LogP contribution in [-0.4, -0.2) is 11.2 Å². The molecule has 1 heteroatoms. The van der Waals surface area contributed by atoms with E-state index in [0.29, 0.717) is 17.3 Å². The van der Waals surface area contributed by atoms with Crippen molar-refractivity contribution < 1.29 is 5.11 Å². The molecule has 0 amide bonds. The molecule has 84 valence electrons. The molecule has 0 aromatic rings. The van der Waals surface area contributed by atoms with E-state index < -0.39 is 0 Å². The molecule has 0 spiro atoms. The highest BCUT2D eigenvalue weighted by atomic mass is 16.3. The summed E-state index contributed by atoms with van der Waals surface area (Å²) >= 11 is 0. The van der Waals surface area contributed by atoms with E-state index >= 15 is 0 Å². The smallest absolute Gasteiger partial charge is 0.0749 e. The van der Waals surface area contributed by atoms with Gasteiger partial charge in [0.15, 0.2) is 0 Å². The van der Waals surface area contributed by atoms with Crippen LogP contribution in [0.2, 0.25) is 0 Å². The number of aliphatic hydroxyl groups excluding tert-OH is 1. The maximum Gasteiger partial charge on any atom is 0.0749 e. The minimum absolute atomic E-state index is 0.185. The van der Waals surface area contributed by atoms with Gasteiger partial charge in [0.2, 0.25) is 0 Å². The standard InChI is InChI=1S/C14H22O/c1-10(2)6-7-14(3)9-11-8-12(14)4-5-13(11)15/h4-6,11-13,15H,7-9H2,1-3H3. The van der Waals surface area contributed by atoms with Gasteiger partial charge < -0.3 is 5.11 Å². The Morgan fingerprint density at radius 1 is 1.47 bits per heavy atom. The lowest BCUT2D eigenvalue weighted by molar-refractivity contribution is 0.145. The van der Waals surface area contributed by atoms with Crippen LogP contribution in [0.4, 0.5) is 0 Å². The van der Waals surface area contributed by atoms with Crippen molar-refractivity contribution in [1.29, 1.82) is 0 Å². The van der Waals surface area contributed by atoms with Gasteiger partial charge in [0, 0.05) is 0 Å². The van der Waals surface area contributed by atoms with Crippen molar-refractivity contribution in [3.8, 4) is 0 Å². The van der Waals surface area contributed by atoms with Crippen molar-refractivity contribution in [3.63, 3.8) is 0 Å². The van der Waals surface area contributed by atoms with Gasteiger partial charge in [-0.3, -0.25) is 0 Å². The third-order valence-electron chi connectivity index (χ3n) is 4.18. The van der Waals surface area contributed by atoms with Crippen LogP contribution >= 0.6 is 0 Å². The Balaban J connectivity index is 2.12. The summed E-state index contributed by atoms with van der Waals surface area (Å²) in [6.07, 6.45) is 9.93. The van der Waals surface area contributed by atoms with E-state index in [0.717, 1.165) is 6.42 Å². The fourth-order valence-corrected chi connectivity index (χ4v) is 3.09. The average Bonchev–Trinajstić information content (AvgIpc) is 2.45. The molecule has 4 atom stereocenters. The van der Waals surface area contributed by atoms with E-state index in [-0.39, 0.29) is 6.10 Å². The SMILES string of the molecule is CC(C)=CCC1(C)CC2CC1C=CC2O. The lowest BCUT2D eigenvalue weighted by Crippen LogP contribution is -2.19. The van der Waals surface area contributed by atoms with Crippen LogP contribution in [-0.2, 0) is 0 Å². The Morgan fingerprint density at radius 2 is 2.20 bits per heavy atom. The first-order valence-corrected chi connectivity index (χ1v) is 6.01. The molecule has 0 radical (unpaired) electrons. The summed E-state index contributed by atoms with van der Waals surface area (Å²) in [6.45, 7) is 6.70. The molecule has 1 fully saturated rings. The summed E-state index contributed by atoms with van der Waals surface area (Å²) in [6, 6.07) is 0. The predicted octanol–water partition coefficient (Wildman–Crippen LogP) is 3.31. The summed E-state index contributed by atoms with van der Waals surface area (Å²) in [7, 11) is 0. The van der Waals surface area contributed by atoms with E-state index in [1.807, 2.05) is 6.08 Å². The maximum atomic E-state index is 9.80. The van der Waals surface area contributed by atoms with Gasteiger partial charge in [-0.1, -0.05) is 30.7 Å². The normalized spacial score (nSPS) is 43.1. The van der Waals surface area contributed by atoms with Crippen molar-refractivity contribution in [2.75, 3.05) is 0 Å². The predicted molar refractivity (Wildman–Crippen MR) is 63.5 cm³/mol. The van der Waals surface area contributed by atoms with Gasteiger partial charge in [-0.25, -0.2) is 0 Å². The molecule has 15 heavy (non-hydrogen) atoms. The van der Waals surface area contributed by atoms with Crippen molar-refractivity contribution in [2.24, 2.45) is 17.3 Å². The summed E-state index contributed by atoms with van der Waals surface area (Å²) in [4.78, 5) is 0. The average molecular weight is 206 g/mol. The van der Waals surface area contributed by atoms with Crippen molar-refractivity contribution in [2.45, 2.75) is 46.1 Å². The molecule has 1 N–H and O–H groups in total. The summed E-state index contributed by atoms with van der Waals surface area (Å²) in [5.74, 6) is 1.19. The van der Waals surface area contributed by atoms with Crippen molar-refractivity contribution in [3.05, 3.63) is 23.8 Å². The van der Waals surface area contributed by atoms with E-state index in [2.05, 4.69) is 32.9 Å². The van der Waals surface area contributed by atoms with Crippen LogP contribution in [0.15, 0.2) is 23.8 Å². The number of hydrogen-bond donors (Lipinski definition) is 1. The molecular weight excluding hydrogens is 184 g/mol. The Bertz CT molecular complexity index is 298. The Morgan fingerprint density at radius 3 is 2.80 bits per heavy atom. The van der Waals surface area contributed by atoms with E-state index in [4.69, 9.17) is 0 Å². The second-order valence-electron chi connectivity index (χ2n) is 5.82.